The van der Waals surface area contributed by atoms with Crippen molar-refractivity contribution in [1.82, 2.24) is 5.32 Å². The van der Waals surface area contributed by atoms with Gasteiger partial charge in [-0.15, -0.1) is 0 Å². The Balaban J connectivity index is 2.84. The molecule has 0 saturated carbocycles. The summed E-state index contributed by atoms with van der Waals surface area (Å²) in [6.45, 7) is 1.97. The van der Waals surface area contributed by atoms with Crippen LogP contribution in [0, 0.1) is 0 Å². The van der Waals surface area contributed by atoms with Crippen molar-refractivity contribution in [3.8, 4) is 0 Å². The predicted octanol–water partition coefficient (Wildman–Crippen LogP) is 1.16. The minimum absolute atomic E-state index is 1.07. The third-order valence-corrected chi connectivity index (χ3v) is 0.792. The number of allylic oxidation sites excluding steroid dienone is 2. The SMILES string of the molecule is CC1=C=CC=CN1. The molecule has 0 unspecified atom stereocenters. The van der Waals surface area contributed by atoms with Crippen LogP contribution in [0.25, 0.3) is 0 Å². The number of nitrogens with one attached hydrogen (secondary N) is 1. The number of rotatable bonds is 0. The van der Waals surface area contributed by atoms with Gasteiger partial charge in [0.2, 0.25) is 0 Å². The van der Waals surface area contributed by atoms with Gasteiger partial charge in [-0.2, -0.15) is 0 Å². The predicted molar refractivity (Wildman–Crippen MR) is 29.5 cm³/mol. The van der Waals surface area contributed by atoms with Crippen LogP contribution in [0.3, 0.4) is 0 Å². The highest BCUT2D eigenvalue weighted by Gasteiger charge is 1.79. The first kappa shape index (κ1) is 4.23. The molecule has 0 bridgehead atoms. The molecule has 1 aliphatic heterocycles. The van der Waals surface area contributed by atoms with E-state index < -0.39 is 0 Å². The van der Waals surface area contributed by atoms with Crippen LogP contribution >= 0.6 is 0 Å². The average Bonchev–Trinajstić information content (AvgIpc) is 1.69. The lowest BCUT2D eigenvalue weighted by molar-refractivity contribution is 1.05. The summed E-state index contributed by atoms with van der Waals surface area (Å²) >= 11 is 0. The van der Waals surface area contributed by atoms with Crippen molar-refractivity contribution in [3.63, 3.8) is 0 Å². The van der Waals surface area contributed by atoms with Gasteiger partial charge >= 0.3 is 0 Å². The molecule has 0 fully saturated rings. The summed E-state index contributed by atoms with van der Waals surface area (Å²) in [5.74, 6) is 0. The molecule has 1 aliphatic rings. The molecule has 36 valence electrons. The molecule has 7 heavy (non-hydrogen) atoms. The van der Waals surface area contributed by atoms with E-state index in [1.807, 2.05) is 25.3 Å². The first-order chi connectivity index (χ1) is 3.39. The van der Waals surface area contributed by atoms with E-state index in [2.05, 4.69) is 11.0 Å². The molecule has 1 heteroatoms. The third-order valence-electron chi connectivity index (χ3n) is 0.792. The van der Waals surface area contributed by atoms with Gasteiger partial charge in [-0.3, -0.25) is 0 Å². The van der Waals surface area contributed by atoms with Gasteiger partial charge in [-0.25, -0.2) is 0 Å². The van der Waals surface area contributed by atoms with Gasteiger partial charge in [0, 0.05) is 6.20 Å². The summed E-state index contributed by atoms with van der Waals surface area (Å²) in [7, 11) is 0. The molecule has 0 aliphatic carbocycles. The minimum atomic E-state index is 1.07. The molecule has 0 radical (unpaired) electrons. The quantitative estimate of drug-likeness (QED) is 0.443. The maximum atomic E-state index is 2.98. The zero-order chi connectivity index (χ0) is 5.11. The van der Waals surface area contributed by atoms with E-state index in [0.717, 1.165) is 5.70 Å². The molecule has 0 aromatic heterocycles. The second-order valence-electron chi connectivity index (χ2n) is 1.44. The molecule has 0 spiro atoms. The lowest BCUT2D eigenvalue weighted by Gasteiger charge is -1.95. The van der Waals surface area contributed by atoms with Gasteiger partial charge in [-0.05, 0) is 19.1 Å². The van der Waals surface area contributed by atoms with Crippen LogP contribution in [-0.2, 0) is 0 Å². The van der Waals surface area contributed by atoms with Gasteiger partial charge in [0.25, 0.3) is 0 Å². The molecule has 0 saturated heterocycles. The summed E-state index contributed by atoms with van der Waals surface area (Å²) in [6.07, 6.45) is 5.67. The van der Waals surface area contributed by atoms with E-state index in [9.17, 15) is 0 Å². The Labute approximate surface area is 43.0 Å². The largest absolute Gasteiger partial charge is 0.359 e. The fourth-order valence-corrected chi connectivity index (χ4v) is 0.436. The van der Waals surface area contributed by atoms with Crippen molar-refractivity contribution in [2.24, 2.45) is 0 Å². The van der Waals surface area contributed by atoms with E-state index in [0.29, 0.717) is 0 Å². The summed E-state index contributed by atoms with van der Waals surface area (Å²) in [6, 6.07) is 0. The number of hydrogen-bond donors (Lipinski definition) is 1. The molecule has 1 heterocycles. The molecule has 1 rings (SSSR count). The zero-order valence-corrected chi connectivity index (χ0v) is 4.23. The van der Waals surface area contributed by atoms with Crippen molar-refractivity contribution in [2.45, 2.75) is 6.92 Å². The van der Waals surface area contributed by atoms with E-state index in [4.69, 9.17) is 0 Å². The monoisotopic (exact) mass is 93.1 g/mol. The molecule has 1 N–H and O–H groups in total. The number of hydrogen-bond acceptors (Lipinski definition) is 1. The lowest BCUT2D eigenvalue weighted by atomic mass is 10.4. The second kappa shape index (κ2) is 1.67. The Kier molecular flexibility index (Phi) is 1.01. The molecule has 1 nitrogen and oxygen atoms in total. The van der Waals surface area contributed by atoms with Gasteiger partial charge in [0.05, 0.1) is 5.70 Å². The smallest absolute Gasteiger partial charge is 0.0546 e. The van der Waals surface area contributed by atoms with Gasteiger partial charge in [-0.1, -0.05) is 5.73 Å². The summed E-state index contributed by atoms with van der Waals surface area (Å²) in [5.41, 5.74) is 4.05. The van der Waals surface area contributed by atoms with Crippen LogP contribution < -0.4 is 5.32 Å². The average molecular weight is 93.1 g/mol. The summed E-state index contributed by atoms with van der Waals surface area (Å²) < 4.78 is 0. The highest BCUT2D eigenvalue weighted by molar-refractivity contribution is 5.13. The molecule has 0 atom stereocenters. The van der Waals surface area contributed by atoms with Crippen LogP contribution in [0.2, 0.25) is 0 Å². The highest BCUT2D eigenvalue weighted by atomic mass is 14.8. The Morgan fingerprint density at radius 2 is 2.57 bits per heavy atom. The minimum Gasteiger partial charge on any atom is -0.359 e. The van der Waals surface area contributed by atoms with E-state index in [-0.39, 0.29) is 0 Å². The maximum Gasteiger partial charge on any atom is 0.0546 e. The Bertz CT molecular complexity index is 148. The van der Waals surface area contributed by atoms with Crippen LogP contribution in [-0.4, -0.2) is 0 Å². The summed E-state index contributed by atoms with van der Waals surface area (Å²) in [5, 5.41) is 2.98. The van der Waals surface area contributed by atoms with Gasteiger partial charge in [0.1, 0.15) is 0 Å². The van der Waals surface area contributed by atoms with Crippen molar-refractivity contribution in [3.05, 3.63) is 29.8 Å². The van der Waals surface area contributed by atoms with Crippen LogP contribution in [0.4, 0.5) is 0 Å². The fourth-order valence-electron chi connectivity index (χ4n) is 0.436. The molecular formula is C6H7N. The first-order valence-electron chi connectivity index (χ1n) is 2.24. The maximum absolute atomic E-state index is 2.98. The topological polar surface area (TPSA) is 12.0 Å². The van der Waals surface area contributed by atoms with Crippen molar-refractivity contribution in [1.29, 1.82) is 0 Å². The van der Waals surface area contributed by atoms with E-state index in [1.165, 1.54) is 0 Å². The fraction of sp³-hybridized carbons (Fsp3) is 0.167. The normalized spacial score (nSPS) is 15.9. The van der Waals surface area contributed by atoms with Crippen molar-refractivity contribution in [2.75, 3.05) is 0 Å². The van der Waals surface area contributed by atoms with Crippen LogP contribution in [0.1, 0.15) is 6.92 Å². The molecule has 0 aromatic carbocycles. The Morgan fingerprint density at radius 1 is 1.71 bits per heavy atom. The lowest BCUT2D eigenvalue weighted by Crippen LogP contribution is -2.00. The van der Waals surface area contributed by atoms with E-state index >= 15 is 0 Å². The summed E-state index contributed by atoms with van der Waals surface area (Å²) in [4.78, 5) is 0. The zero-order valence-electron chi connectivity index (χ0n) is 4.23. The Hall–Kier alpha value is -0.940. The highest BCUT2D eigenvalue weighted by Crippen LogP contribution is 1.87. The second-order valence-corrected chi connectivity index (χ2v) is 1.44. The Morgan fingerprint density at radius 3 is 2.86 bits per heavy atom. The van der Waals surface area contributed by atoms with Crippen molar-refractivity contribution < 1.29 is 0 Å². The van der Waals surface area contributed by atoms with Crippen LogP contribution in [0.15, 0.2) is 29.8 Å². The van der Waals surface area contributed by atoms with Gasteiger partial charge < -0.3 is 5.32 Å². The van der Waals surface area contributed by atoms with E-state index in [1.54, 1.807) is 0 Å². The van der Waals surface area contributed by atoms with Crippen LogP contribution in [0.5, 0.6) is 0 Å². The standard InChI is InChI=1S/C6H7N/c1-6-4-2-3-5-7-6/h2-3,5,7H,1H3. The third kappa shape index (κ3) is 0.951. The van der Waals surface area contributed by atoms with Gasteiger partial charge in [0.15, 0.2) is 0 Å². The van der Waals surface area contributed by atoms with Crippen molar-refractivity contribution >= 4 is 0 Å². The first-order valence-corrected chi connectivity index (χ1v) is 2.24. The molecule has 0 amide bonds. The molecule has 0 aromatic rings. The molecular weight excluding hydrogens is 86.1 g/mol.